The lowest BCUT2D eigenvalue weighted by Crippen LogP contribution is -2.20. The molecule has 0 aliphatic heterocycles. The van der Waals surface area contributed by atoms with E-state index in [1.807, 2.05) is 0 Å². The summed E-state index contributed by atoms with van der Waals surface area (Å²) >= 11 is 5.74. The summed E-state index contributed by atoms with van der Waals surface area (Å²) in [6.07, 6.45) is 0. The van der Waals surface area contributed by atoms with E-state index in [1.165, 1.54) is 12.1 Å². The first kappa shape index (κ1) is 15.9. The number of rotatable bonds is 4. The van der Waals surface area contributed by atoms with Gasteiger partial charge in [-0.05, 0) is 48.9 Å². The van der Waals surface area contributed by atoms with Crippen LogP contribution in [-0.2, 0) is 9.53 Å². The number of aromatic hydroxyl groups is 1. The van der Waals surface area contributed by atoms with Crippen molar-refractivity contribution in [2.24, 2.45) is 0 Å². The maximum atomic E-state index is 11.8. The highest BCUT2D eigenvalue weighted by atomic mass is 35.5. The van der Waals surface area contributed by atoms with Crippen LogP contribution < -0.4 is 5.32 Å². The summed E-state index contributed by atoms with van der Waals surface area (Å²) in [5, 5.41) is 12.8. The highest BCUT2D eigenvalue weighted by Crippen LogP contribution is 2.19. The second-order valence-electron chi connectivity index (χ2n) is 4.65. The number of esters is 1. The van der Waals surface area contributed by atoms with Crippen molar-refractivity contribution in [1.82, 2.24) is 0 Å². The first-order chi connectivity index (χ1) is 10.5. The lowest BCUT2D eigenvalue weighted by Gasteiger charge is -2.08. The number of carbonyl (C=O) groups excluding carboxylic acids is 2. The standard InChI is InChI=1S/C16H14ClNO4/c1-10-2-7-13(14(19)8-10)16(21)22-9-15(20)18-12-5-3-11(17)4-6-12/h2-8,19H,9H2,1H3,(H,18,20). The molecule has 6 heteroatoms. The van der Waals surface area contributed by atoms with Crippen LogP contribution in [0.15, 0.2) is 42.5 Å². The molecular weight excluding hydrogens is 306 g/mol. The van der Waals surface area contributed by atoms with Gasteiger partial charge >= 0.3 is 5.97 Å². The quantitative estimate of drug-likeness (QED) is 0.849. The Kier molecular flexibility index (Phi) is 5.01. The SMILES string of the molecule is Cc1ccc(C(=O)OCC(=O)Nc2ccc(Cl)cc2)c(O)c1. The molecule has 0 atom stereocenters. The monoisotopic (exact) mass is 319 g/mol. The van der Waals surface area contributed by atoms with Gasteiger partial charge in [0.15, 0.2) is 6.61 Å². The molecule has 2 aromatic carbocycles. The van der Waals surface area contributed by atoms with Crippen molar-refractivity contribution in [2.75, 3.05) is 11.9 Å². The first-order valence-corrected chi connectivity index (χ1v) is 6.85. The normalized spacial score (nSPS) is 10.1. The molecule has 114 valence electrons. The molecular formula is C16H14ClNO4. The van der Waals surface area contributed by atoms with Crippen molar-refractivity contribution in [3.8, 4) is 5.75 Å². The van der Waals surface area contributed by atoms with E-state index in [2.05, 4.69) is 5.32 Å². The molecule has 2 rings (SSSR count). The smallest absolute Gasteiger partial charge is 0.342 e. The van der Waals surface area contributed by atoms with E-state index >= 15 is 0 Å². The third-order valence-electron chi connectivity index (χ3n) is 2.84. The molecule has 2 aromatic rings. The number of anilines is 1. The lowest BCUT2D eigenvalue weighted by molar-refractivity contribution is -0.119. The van der Waals surface area contributed by atoms with E-state index in [9.17, 15) is 14.7 Å². The highest BCUT2D eigenvalue weighted by Gasteiger charge is 2.14. The van der Waals surface area contributed by atoms with Gasteiger partial charge in [0.25, 0.3) is 5.91 Å². The van der Waals surface area contributed by atoms with Gasteiger partial charge in [-0.2, -0.15) is 0 Å². The minimum atomic E-state index is -0.760. The zero-order valence-electron chi connectivity index (χ0n) is 11.8. The zero-order valence-corrected chi connectivity index (χ0v) is 12.6. The number of halogens is 1. The zero-order chi connectivity index (χ0) is 16.1. The second kappa shape index (κ2) is 6.95. The number of phenols is 1. The van der Waals surface area contributed by atoms with Gasteiger partial charge in [0.05, 0.1) is 0 Å². The molecule has 0 radical (unpaired) electrons. The van der Waals surface area contributed by atoms with Gasteiger partial charge in [0.2, 0.25) is 0 Å². The third kappa shape index (κ3) is 4.23. The van der Waals surface area contributed by atoms with Gasteiger partial charge in [0, 0.05) is 10.7 Å². The van der Waals surface area contributed by atoms with E-state index in [-0.39, 0.29) is 11.3 Å². The van der Waals surface area contributed by atoms with Crippen LogP contribution in [0.2, 0.25) is 5.02 Å². The molecule has 0 unspecified atom stereocenters. The van der Waals surface area contributed by atoms with Crippen LogP contribution in [0.5, 0.6) is 5.75 Å². The summed E-state index contributed by atoms with van der Waals surface area (Å²) in [6.45, 7) is 1.34. The van der Waals surface area contributed by atoms with Crippen molar-refractivity contribution in [3.05, 3.63) is 58.6 Å². The molecule has 0 heterocycles. The van der Waals surface area contributed by atoms with E-state index in [0.717, 1.165) is 5.56 Å². The Morgan fingerprint density at radius 3 is 2.50 bits per heavy atom. The summed E-state index contributed by atoms with van der Waals surface area (Å²) < 4.78 is 4.87. The molecule has 0 fully saturated rings. The molecule has 0 saturated heterocycles. The number of amides is 1. The van der Waals surface area contributed by atoms with Crippen LogP contribution in [0.3, 0.4) is 0 Å². The summed E-state index contributed by atoms with van der Waals surface area (Å²) in [5.74, 6) is -1.42. The number of phenolic OH excluding ortho intramolecular Hbond substituents is 1. The number of carbonyl (C=O) groups is 2. The minimum absolute atomic E-state index is 0.0184. The fourth-order valence-electron chi connectivity index (χ4n) is 1.75. The van der Waals surface area contributed by atoms with Gasteiger partial charge < -0.3 is 15.2 Å². The molecule has 5 nitrogen and oxygen atoms in total. The van der Waals surface area contributed by atoms with Gasteiger partial charge in [-0.25, -0.2) is 4.79 Å². The Balaban J connectivity index is 1.90. The molecule has 0 aliphatic carbocycles. The van der Waals surface area contributed by atoms with Crippen molar-refractivity contribution in [3.63, 3.8) is 0 Å². The molecule has 0 aromatic heterocycles. The fourth-order valence-corrected chi connectivity index (χ4v) is 1.88. The van der Waals surface area contributed by atoms with Crippen LogP contribution in [-0.4, -0.2) is 23.6 Å². The average Bonchev–Trinajstić information content (AvgIpc) is 2.47. The van der Waals surface area contributed by atoms with Crippen LogP contribution in [0.25, 0.3) is 0 Å². The van der Waals surface area contributed by atoms with E-state index in [0.29, 0.717) is 10.7 Å². The van der Waals surface area contributed by atoms with Crippen molar-refractivity contribution < 1.29 is 19.4 Å². The van der Waals surface area contributed by atoms with Gasteiger partial charge in [-0.1, -0.05) is 17.7 Å². The van der Waals surface area contributed by atoms with Crippen LogP contribution in [0, 0.1) is 6.92 Å². The van der Waals surface area contributed by atoms with Crippen molar-refractivity contribution in [1.29, 1.82) is 0 Å². The van der Waals surface area contributed by atoms with Gasteiger partial charge in [0.1, 0.15) is 11.3 Å². The summed E-state index contributed by atoms with van der Waals surface area (Å²) in [6, 6.07) is 11.1. The number of hydrogen-bond acceptors (Lipinski definition) is 4. The van der Waals surface area contributed by atoms with Crippen molar-refractivity contribution in [2.45, 2.75) is 6.92 Å². The molecule has 0 bridgehead atoms. The van der Waals surface area contributed by atoms with E-state index < -0.39 is 18.5 Å². The molecule has 0 saturated carbocycles. The van der Waals surface area contributed by atoms with Gasteiger partial charge in [-0.15, -0.1) is 0 Å². The number of ether oxygens (including phenoxy) is 1. The summed E-state index contributed by atoms with van der Waals surface area (Å²) in [4.78, 5) is 23.5. The predicted octanol–water partition coefficient (Wildman–Crippen LogP) is 3.15. The Bertz CT molecular complexity index is 698. The molecule has 2 N–H and O–H groups in total. The third-order valence-corrected chi connectivity index (χ3v) is 3.09. The molecule has 22 heavy (non-hydrogen) atoms. The number of aryl methyl sites for hydroxylation is 1. The number of hydrogen-bond donors (Lipinski definition) is 2. The molecule has 0 spiro atoms. The van der Waals surface area contributed by atoms with Crippen LogP contribution in [0.1, 0.15) is 15.9 Å². The van der Waals surface area contributed by atoms with Crippen LogP contribution in [0.4, 0.5) is 5.69 Å². The fraction of sp³-hybridized carbons (Fsp3) is 0.125. The highest BCUT2D eigenvalue weighted by molar-refractivity contribution is 6.30. The second-order valence-corrected chi connectivity index (χ2v) is 5.09. The maximum absolute atomic E-state index is 11.8. The first-order valence-electron chi connectivity index (χ1n) is 6.48. The number of benzene rings is 2. The maximum Gasteiger partial charge on any atom is 0.342 e. The topological polar surface area (TPSA) is 75.6 Å². The number of nitrogens with one attached hydrogen (secondary N) is 1. The van der Waals surface area contributed by atoms with E-state index in [1.54, 1.807) is 37.3 Å². The summed E-state index contributed by atoms with van der Waals surface area (Å²) in [7, 11) is 0. The van der Waals surface area contributed by atoms with E-state index in [4.69, 9.17) is 16.3 Å². The molecule has 1 amide bonds. The average molecular weight is 320 g/mol. The Morgan fingerprint density at radius 1 is 1.18 bits per heavy atom. The predicted molar refractivity (Wildman–Crippen MR) is 83.2 cm³/mol. The Morgan fingerprint density at radius 2 is 1.86 bits per heavy atom. The molecule has 0 aliphatic rings. The Hall–Kier alpha value is -2.53. The van der Waals surface area contributed by atoms with Crippen molar-refractivity contribution >= 4 is 29.2 Å². The summed E-state index contributed by atoms with van der Waals surface area (Å²) in [5.41, 5.74) is 1.38. The van der Waals surface area contributed by atoms with Crippen LogP contribution >= 0.6 is 11.6 Å². The van der Waals surface area contributed by atoms with Gasteiger partial charge in [-0.3, -0.25) is 4.79 Å². The minimum Gasteiger partial charge on any atom is -0.507 e. The Labute approximate surface area is 132 Å². The lowest BCUT2D eigenvalue weighted by atomic mass is 10.1. The largest absolute Gasteiger partial charge is 0.507 e.